The predicted molar refractivity (Wildman–Crippen MR) is 116 cm³/mol. The van der Waals surface area contributed by atoms with Crippen LogP contribution in [0.15, 0.2) is 24.3 Å². The minimum absolute atomic E-state index is 0.0128. The zero-order valence-electron chi connectivity index (χ0n) is 18.0. The first kappa shape index (κ1) is 22.8. The number of nitrogens with zero attached hydrogens (tertiary/aromatic N) is 5. The molecule has 1 aromatic carbocycles. The van der Waals surface area contributed by atoms with Crippen LogP contribution in [0.5, 0.6) is 0 Å². The number of carbonyl (C=O) groups excluding carboxylic acids is 1. The lowest BCUT2D eigenvalue weighted by Gasteiger charge is -2.38. The van der Waals surface area contributed by atoms with Crippen LogP contribution in [-0.4, -0.2) is 71.0 Å². The molecule has 32 heavy (non-hydrogen) atoms. The lowest BCUT2D eigenvalue weighted by Crippen LogP contribution is -2.52. The van der Waals surface area contributed by atoms with Gasteiger partial charge in [0.25, 0.3) is 5.91 Å². The van der Waals surface area contributed by atoms with Crippen molar-refractivity contribution in [3.05, 3.63) is 51.9 Å². The van der Waals surface area contributed by atoms with Gasteiger partial charge in [-0.3, -0.25) is 9.69 Å². The van der Waals surface area contributed by atoms with Gasteiger partial charge in [0.1, 0.15) is 5.82 Å². The van der Waals surface area contributed by atoms with E-state index >= 15 is 0 Å². The van der Waals surface area contributed by atoms with E-state index in [4.69, 9.17) is 11.6 Å². The van der Waals surface area contributed by atoms with Gasteiger partial charge in [-0.2, -0.15) is 13.2 Å². The smallest absolute Gasteiger partial charge is 0.355 e. The molecule has 2 saturated heterocycles. The molecular formula is C22H25ClF3N5O. The standard InChI is InChI=1S/C22H25ClF3N5O/c1-14-15(2)27-21(22(24,25)26)28-19(14)31-8-7-18(13-31)29-9-11-30(12-10-29)20(32)16-3-5-17(23)6-4-16/h3-6,18H,7-13H2,1-2H3/t18-/m0/s1. The highest BCUT2D eigenvalue weighted by Gasteiger charge is 2.38. The van der Waals surface area contributed by atoms with Crippen LogP contribution < -0.4 is 4.90 Å². The number of anilines is 1. The summed E-state index contributed by atoms with van der Waals surface area (Å²) in [6.07, 6.45) is -3.73. The van der Waals surface area contributed by atoms with Crippen molar-refractivity contribution in [3.8, 4) is 0 Å². The second-order valence-electron chi connectivity index (χ2n) is 8.30. The van der Waals surface area contributed by atoms with Gasteiger partial charge < -0.3 is 9.80 Å². The van der Waals surface area contributed by atoms with Crippen molar-refractivity contribution < 1.29 is 18.0 Å². The van der Waals surface area contributed by atoms with Crippen LogP contribution in [0.1, 0.15) is 33.9 Å². The van der Waals surface area contributed by atoms with Crippen LogP contribution in [-0.2, 0) is 6.18 Å². The Morgan fingerprint density at radius 1 is 1.03 bits per heavy atom. The molecule has 1 aromatic heterocycles. The Hall–Kier alpha value is -2.39. The maximum absolute atomic E-state index is 13.2. The van der Waals surface area contributed by atoms with E-state index in [0.717, 1.165) is 19.5 Å². The summed E-state index contributed by atoms with van der Waals surface area (Å²) >= 11 is 5.90. The Morgan fingerprint density at radius 3 is 2.31 bits per heavy atom. The highest BCUT2D eigenvalue weighted by atomic mass is 35.5. The largest absolute Gasteiger partial charge is 0.451 e. The molecule has 3 heterocycles. The van der Waals surface area contributed by atoms with Crippen LogP contribution in [0, 0.1) is 13.8 Å². The van der Waals surface area contributed by atoms with Gasteiger partial charge in [-0.25, -0.2) is 9.97 Å². The van der Waals surface area contributed by atoms with Crippen molar-refractivity contribution in [2.45, 2.75) is 32.5 Å². The second kappa shape index (κ2) is 8.86. The number of piperazine rings is 1. The van der Waals surface area contributed by atoms with Crippen molar-refractivity contribution in [1.82, 2.24) is 19.8 Å². The fourth-order valence-electron chi connectivity index (χ4n) is 4.35. The molecule has 0 unspecified atom stereocenters. The molecule has 10 heteroatoms. The van der Waals surface area contributed by atoms with Crippen molar-refractivity contribution in [2.24, 2.45) is 0 Å². The Bertz CT molecular complexity index is 990. The quantitative estimate of drug-likeness (QED) is 0.687. The Balaban J connectivity index is 1.38. The number of halogens is 4. The number of aryl methyl sites for hydroxylation is 1. The van der Waals surface area contributed by atoms with E-state index in [-0.39, 0.29) is 11.9 Å². The maximum Gasteiger partial charge on any atom is 0.451 e. The lowest BCUT2D eigenvalue weighted by atomic mass is 10.1. The van der Waals surface area contributed by atoms with Gasteiger partial charge in [-0.05, 0) is 44.5 Å². The van der Waals surface area contributed by atoms with E-state index in [2.05, 4.69) is 14.9 Å². The number of benzene rings is 1. The number of rotatable bonds is 3. The van der Waals surface area contributed by atoms with E-state index in [1.165, 1.54) is 0 Å². The van der Waals surface area contributed by atoms with Crippen LogP contribution in [0.2, 0.25) is 5.02 Å². The van der Waals surface area contributed by atoms with Crippen molar-refractivity contribution >= 4 is 23.3 Å². The van der Waals surface area contributed by atoms with Gasteiger partial charge in [0.2, 0.25) is 5.82 Å². The van der Waals surface area contributed by atoms with Crippen molar-refractivity contribution in [2.75, 3.05) is 44.2 Å². The molecule has 1 atom stereocenters. The van der Waals surface area contributed by atoms with Gasteiger partial charge in [-0.1, -0.05) is 11.6 Å². The summed E-state index contributed by atoms with van der Waals surface area (Å²) in [7, 11) is 0. The van der Waals surface area contributed by atoms with Crippen molar-refractivity contribution in [3.63, 3.8) is 0 Å². The number of amides is 1. The number of carbonyl (C=O) groups is 1. The SMILES string of the molecule is Cc1nc(C(F)(F)F)nc(N2CC[C@H](N3CCN(C(=O)c4ccc(Cl)cc4)CC3)C2)c1C. The van der Waals surface area contributed by atoms with Crippen LogP contribution in [0.25, 0.3) is 0 Å². The number of hydrogen-bond acceptors (Lipinski definition) is 5. The normalized spacial score (nSPS) is 20.1. The Morgan fingerprint density at radius 2 is 1.69 bits per heavy atom. The average Bonchev–Trinajstić information content (AvgIpc) is 3.25. The van der Waals surface area contributed by atoms with Gasteiger partial charge in [0.15, 0.2) is 0 Å². The second-order valence-corrected chi connectivity index (χ2v) is 8.74. The Kier molecular flexibility index (Phi) is 6.31. The Labute approximate surface area is 190 Å². The van der Waals surface area contributed by atoms with E-state index in [0.29, 0.717) is 53.8 Å². The summed E-state index contributed by atoms with van der Waals surface area (Å²) in [6.45, 7) is 7.28. The molecule has 172 valence electrons. The fourth-order valence-corrected chi connectivity index (χ4v) is 4.47. The molecule has 0 bridgehead atoms. The maximum atomic E-state index is 13.2. The predicted octanol–water partition coefficient (Wildman–Crippen LogP) is 3.80. The van der Waals surface area contributed by atoms with Gasteiger partial charge in [0.05, 0.1) is 0 Å². The summed E-state index contributed by atoms with van der Waals surface area (Å²) in [6, 6.07) is 7.09. The van der Waals surface area contributed by atoms with Gasteiger partial charge in [-0.15, -0.1) is 0 Å². The molecule has 0 radical (unpaired) electrons. The van der Waals surface area contributed by atoms with E-state index in [1.54, 1.807) is 38.1 Å². The highest BCUT2D eigenvalue weighted by molar-refractivity contribution is 6.30. The van der Waals surface area contributed by atoms with Crippen LogP contribution in [0.3, 0.4) is 0 Å². The molecule has 1 amide bonds. The molecule has 0 spiro atoms. The number of aromatic nitrogens is 2. The summed E-state index contributed by atoms with van der Waals surface area (Å²) in [4.78, 5) is 26.3. The molecule has 4 rings (SSSR count). The highest BCUT2D eigenvalue weighted by Crippen LogP contribution is 2.32. The molecule has 2 fully saturated rings. The first-order valence-corrected chi connectivity index (χ1v) is 11.0. The number of alkyl halides is 3. The molecular weight excluding hydrogens is 443 g/mol. The third-order valence-electron chi connectivity index (χ3n) is 6.29. The molecule has 0 N–H and O–H groups in total. The summed E-state index contributed by atoms with van der Waals surface area (Å²) in [5.41, 5.74) is 1.64. The van der Waals surface area contributed by atoms with Crippen LogP contribution >= 0.6 is 11.6 Å². The minimum Gasteiger partial charge on any atom is -0.355 e. The average molecular weight is 468 g/mol. The first-order chi connectivity index (χ1) is 15.1. The molecule has 0 saturated carbocycles. The van der Waals surface area contributed by atoms with Gasteiger partial charge >= 0.3 is 6.18 Å². The minimum atomic E-state index is -4.57. The molecule has 6 nitrogen and oxygen atoms in total. The first-order valence-electron chi connectivity index (χ1n) is 10.6. The monoisotopic (exact) mass is 467 g/mol. The molecule has 0 aliphatic carbocycles. The van der Waals surface area contributed by atoms with E-state index < -0.39 is 12.0 Å². The summed E-state index contributed by atoms with van der Waals surface area (Å²) in [5, 5.41) is 0.591. The summed E-state index contributed by atoms with van der Waals surface area (Å²) < 4.78 is 39.6. The topological polar surface area (TPSA) is 52.6 Å². The van der Waals surface area contributed by atoms with E-state index in [9.17, 15) is 18.0 Å². The van der Waals surface area contributed by atoms with Gasteiger partial charge in [0, 0.05) is 67.2 Å². The third kappa shape index (κ3) is 4.68. The zero-order chi connectivity index (χ0) is 23.0. The number of hydrogen-bond donors (Lipinski definition) is 0. The zero-order valence-corrected chi connectivity index (χ0v) is 18.7. The lowest BCUT2D eigenvalue weighted by molar-refractivity contribution is -0.145. The molecule has 2 aromatic rings. The van der Waals surface area contributed by atoms with Crippen molar-refractivity contribution in [1.29, 1.82) is 0 Å². The summed E-state index contributed by atoms with van der Waals surface area (Å²) in [5.74, 6) is -0.738. The molecule has 2 aliphatic heterocycles. The van der Waals surface area contributed by atoms with E-state index in [1.807, 2.05) is 9.80 Å². The van der Waals surface area contributed by atoms with Crippen LogP contribution in [0.4, 0.5) is 19.0 Å². The third-order valence-corrected chi connectivity index (χ3v) is 6.54. The molecule has 2 aliphatic rings. The fraction of sp³-hybridized carbons (Fsp3) is 0.500.